The van der Waals surface area contributed by atoms with Gasteiger partial charge in [-0.05, 0) is 25.5 Å². The van der Waals surface area contributed by atoms with Gasteiger partial charge in [0.2, 0.25) is 5.91 Å². The Morgan fingerprint density at radius 3 is 2.37 bits per heavy atom. The number of nitrogens with zero attached hydrogens (tertiary/aromatic N) is 2. The number of halogens is 3. The Hall–Kier alpha value is -2.69. The molecule has 0 bridgehead atoms. The Kier molecular flexibility index (Phi) is 8.16. The number of amidine groups is 1. The number of unbranched alkanes of at least 4 members (excludes halogenated alkanes) is 1. The topological polar surface area (TPSA) is 113 Å². The monoisotopic (exact) mass is 390 g/mol. The normalized spacial score (nSPS) is 14.2. The molecule has 0 aliphatic rings. The molecule has 1 rings (SSSR count). The summed E-state index contributed by atoms with van der Waals surface area (Å²) in [6.45, 7) is 2.70. The van der Waals surface area contributed by atoms with Gasteiger partial charge in [-0.1, -0.05) is 13.3 Å². The van der Waals surface area contributed by atoms with E-state index in [2.05, 4.69) is 14.7 Å². The maximum atomic E-state index is 13.9. The summed E-state index contributed by atoms with van der Waals surface area (Å²) in [7, 11) is 0. The molecule has 0 fully saturated rings. The van der Waals surface area contributed by atoms with Gasteiger partial charge in [-0.25, -0.2) is 9.79 Å². The molecule has 0 saturated heterocycles. The Bertz CT molecular complexity index is 667. The summed E-state index contributed by atoms with van der Waals surface area (Å²) in [4.78, 5) is 31.3. The van der Waals surface area contributed by atoms with Crippen molar-refractivity contribution in [3.63, 3.8) is 0 Å². The molecule has 0 aliphatic heterocycles. The van der Waals surface area contributed by atoms with Crippen LogP contribution in [0.25, 0.3) is 0 Å². The molecule has 0 aromatic carbocycles. The van der Waals surface area contributed by atoms with Crippen LogP contribution >= 0.6 is 0 Å². The lowest BCUT2D eigenvalue weighted by Crippen LogP contribution is -2.64. The average Bonchev–Trinajstić information content (AvgIpc) is 2.63. The molecule has 8 nitrogen and oxygen atoms in total. The summed E-state index contributed by atoms with van der Waals surface area (Å²) in [5.74, 6) is -3.54. The third-order valence-electron chi connectivity index (χ3n) is 3.40. The van der Waals surface area contributed by atoms with Gasteiger partial charge in [0.1, 0.15) is 0 Å². The second kappa shape index (κ2) is 9.86. The van der Waals surface area contributed by atoms with E-state index < -0.39 is 29.6 Å². The molecule has 27 heavy (non-hydrogen) atoms. The fourth-order valence-corrected chi connectivity index (χ4v) is 2.04. The van der Waals surface area contributed by atoms with Crippen LogP contribution in [0.3, 0.4) is 0 Å². The highest BCUT2D eigenvalue weighted by atomic mass is 19.4. The third kappa shape index (κ3) is 5.64. The number of hydrogen-bond acceptors (Lipinski definition) is 6. The zero-order valence-electron chi connectivity index (χ0n) is 14.8. The van der Waals surface area contributed by atoms with Gasteiger partial charge in [0.25, 0.3) is 0 Å². The molecule has 0 aliphatic carbocycles. The molecule has 1 heterocycles. The Morgan fingerprint density at radius 2 is 1.89 bits per heavy atom. The highest BCUT2D eigenvalue weighted by Crippen LogP contribution is 2.34. The van der Waals surface area contributed by atoms with Crippen LogP contribution in [0.2, 0.25) is 0 Å². The summed E-state index contributed by atoms with van der Waals surface area (Å²) >= 11 is 0. The predicted molar refractivity (Wildman–Crippen MR) is 88.8 cm³/mol. The van der Waals surface area contributed by atoms with Gasteiger partial charge < -0.3 is 10.1 Å². The molecular formula is C16H21F3N4O4. The number of esters is 1. The molecule has 0 radical (unpaired) electrons. The van der Waals surface area contributed by atoms with Gasteiger partial charge in [-0.3, -0.25) is 20.5 Å². The molecule has 11 heteroatoms. The van der Waals surface area contributed by atoms with E-state index in [1.807, 2.05) is 0 Å². The SMILES string of the molecule is CCCCC(=O)NC(/N=C(\NO)c1ccncc1)(C(=O)OCC)C(F)(F)F. The van der Waals surface area contributed by atoms with Gasteiger partial charge in [0, 0.05) is 24.4 Å². The van der Waals surface area contributed by atoms with Gasteiger partial charge in [-0.15, -0.1) is 0 Å². The van der Waals surface area contributed by atoms with Crippen molar-refractivity contribution in [1.82, 2.24) is 15.8 Å². The lowest BCUT2D eigenvalue weighted by molar-refractivity contribution is -0.212. The van der Waals surface area contributed by atoms with Crippen LogP contribution in [0.1, 0.15) is 38.7 Å². The highest BCUT2D eigenvalue weighted by Gasteiger charge is 2.64. The number of rotatable bonds is 8. The zero-order valence-corrected chi connectivity index (χ0v) is 14.8. The van der Waals surface area contributed by atoms with Crippen molar-refractivity contribution in [2.45, 2.75) is 44.9 Å². The minimum absolute atomic E-state index is 0.00762. The number of hydrogen-bond donors (Lipinski definition) is 3. The number of aliphatic imine (C=N–C) groups is 1. The molecule has 0 saturated carbocycles. The first-order chi connectivity index (χ1) is 12.7. The second-order valence-electron chi connectivity index (χ2n) is 5.39. The number of alkyl halides is 3. The summed E-state index contributed by atoms with van der Waals surface area (Å²) < 4.78 is 46.2. The molecule has 1 amide bonds. The van der Waals surface area contributed by atoms with Crippen LogP contribution in [0.5, 0.6) is 0 Å². The van der Waals surface area contributed by atoms with E-state index in [9.17, 15) is 28.0 Å². The van der Waals surface area contributed by atoms with Crippen LogP contribution < -0.4 is 10.8 Å². The van der Waals surface area contributed by atoms with Crippen molar-refractivity contribution in [3.05, 3.63) is 30.1 Å². The number of amides is 1. The largest absolute Gasteiger partial charge is 0.463 e. The van der Waals surface area contributed by atoms with E-state index in [-0.39, 0.29) is 18.6 Å². The van der Waals surface area contributed by atoms with E-state index in [0.29, 0.717) is 12.8 Å². The lowest BCUT2D eigenvalue weighted by atomic mass is 10.1. The first kappa shape index (κ1) is 22.4. The first-order valence-corrected chi connectivity index (χ1v) is 8.17. The van der Waals surface area contributed by atoms with Crippen LogP contribution in [0.4, 0.5) is 13.2 Å². The van der Waals surface area contributed by atoms with E-state index in [4.69, 9.17) is 0 Å². The molecule has 1 atom stereocenters. The van der Waals surface area contributed by atoms with E-state index in [0.717, 1.165) is 0 Å². The van der Waals surface area contributed by atoms with Crippen LogP contribution in [0, 0.1) is 0 Å². The summed E-state index contributed by atoms with van der Waals surface area (Å²) in [6.07, 6.45) is -2.18. The molecule has 1 aromatic rings. The van der Waals surface area contributed by atoms with Crippen molar-refractivity contribution in [1.29, 1.82) is 0 Å². The molecule has 1 unspecified atom stereocenters. The standard InChI is InChI=1S/C16H21F3N4O4/c1-3-5-6-12(24)21-15(16(17,18)19,14(25)27-4-2)22-13(23-26)11-7-9-20-10-8-11/h7-10,26H,3-6H2,1-2H3,(H,21,24)(H,22,23). The maximum Gasteiger partial charge on any atom is 0.443 e. The number of ether oxygens (including phenoxy) is 1. The lowest BCUT2D eigenvalue weighted by Gasteiger charge is -2.31. The highest BCUT2D eigenvalue weighted by molar-refractivity contribution is 6.01. The Labute approximate surface area is 153 Å². The van der Waals surface area contributed by atoms with Crippen molar-refractivity contribution < 1.29 is 32.7 Å². The van der Waals surface area contributed by atoms with Crippen molar-refractivity contribution in [3.8, 4) is 0 Å². The Balaban J connectivity index is 3.51. The fourth-order valence-electron chi connectivity index (χ4n) is 2.04. The van der Waals surface area contributed by atoms with Crippen molar-refractivity contribution in [2.75, 3.05) is 6.61 Å². The number of nitrogens with one attached hydrogen (secondary N) is 2. The van der Waals surface area contributed by atoms with Gasteiger partial charge in [-0.2, -0.15) is 13.2 Å². The summed E-state index contributed by atoms with van der Waals surface area (Å²) in [6, 6.07) is 2.51. The maximum absolute atomic E-state index is 13.9. The van der Waals surface area contributed by atoms with E-state index in [1.54, 1.807) is 12.2 Å². The van der Waals surface area contributed by atoms with Crippen molar-refractivity contribution in [2.24, 2.45) is 4.99 Å². The Morgan fingerprint density at radius 1 is 1.26 bits per heavy atom. The predicted octanol–water partition coefficient (Wildman–Crippen LogP) is 1.94. The first-order valence-electron chi connectivity index (χ1n) is 8.17. The minimum atomic E-state index is -5.34. The third-order valence-corrected chi connectivity index (χ3v) is 3.40. The number of aromatic nitrogens is 1. The van der Waals surface area contributed by atoms with Crippen molar-refractivity contribution >= 4 is 17.7 Å². The van der Waals surface area contributed by atoms with E-state index >= 15 is 0 Å². The molecule has 1 aromatic heterocycles. The molecule has 0 spiro atoms. The molecular weight excluding hydrogens is 369 g/mol. The fraction of sp³-hybridized carbons (Fsp3) is 0.500. The summed E-state index contributed by atoms with van der Waals surface area (Å²) in [5, 5.41) is 10.9. The van der Waals surface area contributed by atoms with Gasteiger partial charge >= 0.3 is 17.8 Å². The van der Waals surface area contributed by atoms with Gasteiger partial charge in [0.05, 0.1) is 6.61 Å². The molecule has 150 valence electrons. The quantitative estimate of drug-likeness (QED) is 0.271. The van der Waals surface area contributed by atoms with E-state index in [1.165, 1.54) is 36.9 Å². The van der Waals surface area contributed by atoms with Crippen LogP contribution in [-0.2, 0) is 14.3 Å². The smallest absolute Gasteiger partial charge is 0.443 e. The number of hydroxylamine groups is 1. The zero-order chi connectivity index (χ0) is 20.5. The number of pyridine rings is 1. The van der Waals surface area contributed by atoms with Crippen LogP contribution in [0.15, 0.2) is 29.5 Å². The molecule has 3 N–H and O–H groups in total. The van der Waals surface area contributed by atoms with Crippen LogP contribution in [-0.4, -0.2) is 46.3 Å². The summed E-state index contributed by atoms with van der Waals surface area (Å²) in [5.41, 5.74) is -2.19. The second-order valence-corrected chi connectivity index (χ2v) is 5.39. The number of carbonyl (C=O) groups excluding carboxylic acids is 2. The minimum Gasteiger partial charge on any atom is -0.463 e. The number of carbonyl (C=O) groups is 2. The average molecular weight is 390 g/mol. The van der Waals surface area contributed by atoms with Gasteiger partial charge in [0.15, 0.2) is 5.84 Å².